The quantitative estimate of drug-likeness (QED) is 0.431. The van der Waals surface area contributed by atoms with Gasteiger partial charge in [0.05, 0.1) is 11.9 Å². The summed E-state index contributed by atoms with van der Waals surface area (Å²) in [6.45, 7) is 2.67. The molecule has 4 rings (SSSR count). The number of hydrogen-bond acceptors (Lipinski definition) is 7. The Morgan fingerprint density at radius 2 is 1.85 bits per heavy atom. The lowest BCUT2D eigenvalue weighted by Crippen LogP contribution is -2.45. The van der Waals surface area contributed by atoms with Crippen molar-refractivity contribution in [1.82, 2.24) is 19.6 Å². The largest absolute Gasteiger partial charge is 0.508 e. The SMILES string of the molecule is CS(=O)(=O)N(Cc1cccc(-c2ccnc(NCCc3ccc(O)cc3)n2)c1)C1CCNCC1. The first-order valence-electron chi connectivity index (χ1n) is 11.5. The van der Waals surface area contributed by atoms with Crippen LogP contribution in [0, 0.1) is 0 Å². The van der Waals surface area contributed by atoms with Gasteiger partial charge in [-0.05, 0) is 67.7 Å². The smallest absolute Gasteiger partial charge is 0.223 e. The zero-order valence-corrected chi connectivity index (χ0v) is 20.1. The molecule has 3 N–H and O–H groups in total. The normalized spacial score (nSPS) is 14.9. The second-order valence-electron chi connectivity index (χ2n) is 8.60. The van der Waals surface area contributed by atoms with E-state index in [1.807, 2.05) is 42.5 Å². The third kappa shape index (κ3) is 6.53. The van der Waals surface area contributed by atoms with Gasteiger partial charge in [0.2, 0.25) is 16.0 Å². The van der Waals surface area contributed by atoms with Gasteiger partial charge in [-0.1, -0.05) is 30.3 Å². The summed E-state index contributed by atoms with van der Waals surface area (Å²) >= 11 is 0. The Bertz CT molecular complexity index is 1200. The molecule has 0 spiro atoms. The maximum absolute atomic E-state index is 12.5. The van der Waals surface area contributed by atoms with Gasteiger partial charge in [-0.3, -0.25) is 0 Å². The number of hydrogen-bond donors (Lipinski definition) is 3. The molecule has 0 aliphatic carbocycles. The van der Waals surface area contributed by atoms with Gasteiger partial charge in [0, 0.05) is 30.9 Å². The third-order valence-electron chi connectivity index (χ3n) is 5.99. The van der Waals surface area contributed by atoms with E-state index in [1.165, 1.54) is 6.26 Å². The van der Waals surface area contributed by atoms with E-state index in [1.54, 1.807) is 22.6 Å². The number of sulfonamides is 1. The number of nitrogens with one attached hydrogen (secondary N) is 2. The lowest BCUT2D eigenvalue weighted by atomic mass is 10.0. The summed E-state index contributed by atoms with van der Waals surface area (Å²) < 4.78 is 26.7. The molecule has 9 heteroatoms. The first kappa shape index (κ1) is 24.1. The Hall–Kier alpha value is -3.01. The zero-order chi connectivity index (χ0) is 24.0. The molecular weight excluding hydrogens is 450 g/mol. The van der Waals surface area contributed by atoms with E-state index in [-0.39, 0.29) is 11.8 Å². The van der Waals surface area contributed by atoms with Crippen molar-refractivity contribution in [3.05, 3.63) is 71.9 Å². The van der Waals surface area contributed by atoms with Crippen molar-refractivity contribution in [1.29, 1.82) is 0 Å². The number of aromatic nitrogens is 2. The molecule has 0 saturated carbocycles. The van der Waals surface area contributed by atoms with E-state index in [2.05, 4.69) is 20.6 Å². The Kier molecular flexibility index (Phi) is 7.77. The summed E-state index contributed by atoms with van der Waals surface area (Å²) in [5.41, 5.74) is 3.73. The average Bonchev–Trinajstić information content (AvgIpc) is 2.84. The van der Waals surface area contributed by atoms with Crippen molar-refractivity contribution in [2.75, 3.05) is 31.2 Å². The molecule has 0 bridgehead atoms. The Morgan fingerprint density at radius 1 is 1.09 bits per heavy atom. The van der Waals surface area contributed by atoms with E-state index in [0.29, 0.717) is 19.0 Å². The first-order valence-corrected chi connectivity index (χ1v) is 13.3. The molecule has 2 heterocycles. The van der Waals surface area contributed by atoms with Gasteiger partial charge in [-0.2, -0.15) is 4.31 Å². The molecule has 1 saturated heterocycles. The lowest BCUT2D eigenvalue weighted by molar-refractivity contribution is 0.258. The maximum Gasteiger partial charge on any atom is 0.223 e. The minimum atomic E-state index is -3.33. The molecule has 1 fully saturated rings. The highest BCUT2D eigenvalue weighted by molar-refractivity contribution is 7.88. The standard InChI is InChI=1S/C25H31N5O3S/c1-34(32,33)30(22-10-13-26-14-11-22)18-20-3-2-4-21(17-20)24-12-16-28-25(29-24)27-15-9-19-5-7-23(31)8-6-19/h2-8,12,16-17,22,26,31H,9-11,13-15,18H2,1H3,(H,27,28,29). The summed E-state index contributed by atoms with van der Waals surface area (Å²) in [6.07, 6.45) is 5.42. The highest BCUT2D eigenvalue weighted by atomic mass is 32.2. The van der Waals surface area contributed by atoms with Crippen molar-refractivity contribution in [3.8, 4) is 17.0 Å². The molecule has 2 aromatic carbocycles. The number of aromatic hydroxyl groups is 1. The zero-order valence-electron chi connectivity index (χ0n) is 19.3. The van der Waals surface area contributed by atoms with Gasteiger partial charge < -0.3 is 15.7 Å². The fraction of sp³-hybridized carbons (Fsp3) is 0.360. The number of anilines is 1. The second-order valence-corrected chi connectivity index (χ2v) is 10.5. The van der Waals surface area contributed by atoms with Crippen LogP contribution in [-0.2, 0) is 23.0 Å². The fourth-order valence-electron chi connectivity index (χ4n) is 4.21. The minimum Gasteiger partial charge on any atom is -0.508 e. The molecule has 1 aliphatic rings. The van der Waals surface area contributed by atoms with Gasteiger partial charge in [-0.25, -0.2) is 18.4 Å². The summed E-state index contributed by atoms with van der Waals surface area (Å²) in [6, 6.07) is 16.9. The van der Waals surface area contributed by atoms with Crippen LogP contribution in [0.2, 0.25) is 0 Å². The molecule has 0 radical (unpaired) electrons. The Balaban J connectivity index is 1.44. The summed E-state index contributed by atoms with van der Waals surface area (Å²) in [5, 5.41) is 15.9. The van der Waals surface area contributed by atoms with Crippen LogP contribution in [0.25, 0.3) is 11.3 Å². The van der Waals surface area contributed by atoms with Crippen LogP contribution in [0.15, 0.2) is 60.8 Å². The molecule has 1 aliphatic heterocycles. The van der Waals surface area contributed by atoms with E-state index < -0.39 is 10.0 Å². The Labute approximate surface area is 201 Å². The van der Waals surface area contributed by atoms with Gasteiger partial charge in [0.15, 0.2) is 0 Å². The number of phenols is 1. The van der Waals surface area contributed by atoms with Gasteiger partial charge in [0.25, 0.3) is 0 Å². The van der Waals surface area contributed by atoms with Crippen molar-refractivity contribution in [3.63, 3.8) is 0 Å². The second kappa shape index (κ2) is 10.9. The topological polar surface area (TPSA) is 107 Å². The molecule has 0 atom stereocenters. The van der Waals surface area contributed by atoms with Crippen molar-refractivity contribution in [2.24, 2.45) is 0 Å². The van der Waals surface area contributed by atoms with Crippen LogP contribution >= 0.6 is 0 Å². The molecule has 8 nitrogen and oxygen atoms in total. The van der Waals surface area contributed by atoms with Gasteiger partial charge in [-0.15, -0.1) is 0 Å². The molecule has 180 valence electrons. The van der Waals surface area contributed by atoms with E-state index >= 15 is 0 Å². The summed E-state index contributed by atoms with van der Waals surface area (Å²) in [5.74, 6) is 0.791. The van der Waals surface area contributed by atoms with E-state index in [4.69, 9.17) is 0 Å². The van der Waals surface area contributed by atoms with Gasteiger partial charge >= 0.3 is 0 Å². The van der Waals surface area contributed by atoms with Crippen LogP contribution < -0.4 is 10.6 Å². The number of piperidine rings is 1. The van der Waals surface area contributed by atoms with Crippen LogP contribution in [0.5, 0.6) is 5.75 Å². The van der Waals surface area contributed by atoms with Gasteiger partial charge in [0.1, 0.15) is 5.75 Å². The van der Waals surface area contributed by atoms with E-state index in [0.717, 1.165) is 54.7 Å². The van der Waals surface area contributed by atoms with Crippen molar-refractivity contribution in [2.45, 2.75) is 31.8 Å². The molecule has 1 aromatic heterocycles. The monoisotopic (exact) mass is 481 g/mol. The summed E-state index contributed by atoms with van der Waals surface area (Å²) in [4.78, 5) is 8.96. The first-order chi connectivity index (χ1) is 16.4. The molecule has 3 aromatic rings. The number of rotatable bonds is 9. The highest BCUT2D eigenvalue weighted by Crippen LogP contribution is 2.23. The number of nitrogens with zero attached hydrogens (tertiary/aromatic N) is 3. The minimum absolute atomic E-state index is 0.0170. The molecular formula is C25H31N5O3S. The molecule has 0 amide bonds. The third-order valence-corrected chi connectivity index (χ3v) is 7.27. The Morgan fingerprint density at radius 3 is 2.59 bits per heavy atom. The number of phenolic OH excluding ortho intramolecular Hbond substituents is 1. The lowest BCUT2D eigenvalue weighted by Gasteiger charge is -2.32. The predicted molar refractivity (Wildman–Crippen MR) is 134 cm³/mol. The summed E-state index contributed by atoms with van der Waals surface area (Å²) in [7, 11) is -3.33. The fourth-order valence-corrected chi connectivity index (χ4v) is 5.34. The van der Waals surface area contributed by atoms with Crippen LogP contribution in [-0.4, -0.2) is 59.7 Å². The predicted octanol–water partition coefficient (Wildman–Crippen LogP) is 3.02. The van der Waals surface area contributed by atoms with Crippen LogP contribution in [0.4, 0.5) is 5.95 Å². The van der Waals surface area contributed by atoms with Crippen LogP contribution in [0.1, 0.15) is 24.0 Å². The molecule has 0 unspecified atom stereocenters. The van der Waals surface area contributed by atoms with Crippen LogP contribution in [0.3, 0.4) is 0 Å². The van der Waals surface area contributed by atoms with Crippen molar-refractivity contribution < 1.29 is 13.5 Å². The maximum atomic E-state index is 12.5. The highest BCUT2D eigenvalue weighted by Gasteiger charge is 2.28. The number of benzene rings is 2. The average molecular weight is 482 g/mol. The van der Waals surface area contributed by atoms with Crippen molar-refractivity contribution >= 4 is 16.0 Å². The van der Waals surface area contributed by atoms with E-state index in [9.17, 15) is 13.5 Å². The molecule has 34 heavy (non-hydrogen) atoms.